The number of anilines is 1. The normalized spacial score (nSPS) is 9.64. The van der Waals surface area contributed by atoms with Crippen LogP contribution in [0.5, 0.6) is 0 Å². The third-order valence-electron chi connectivity index (χ3n) is 1.63. The van der Waals surface area contributed by atoms with Gasteiger partial charge >= 0.3 is 0 Å². The summed E-state index contributed by atoms with van der Waals surface area (Å²) in [5, 5.41) is 3.32. The molecule has 0 bridgehead atoms. The zero-order chi connectivity index (χ0) is 8.10. The predicted octanol–water partition coefficient (Wildman–Crippen LogP) is 2.82. The van der Waals surface area contributed by atoms with Gasteiger partial charge in [-0.1, -0.05) is 24.6 Å². The van der Waals surface area contributed by atoms with Gasteiger partial charge in [0.25, 0.3) is 0 Å². The van der Waals surface area contributed by atoms with E-state index < -0.39 is 0 Å². The number of rotatable bonds is 3. The van der Waals surface area contributed by atoms with E-state index in [9.17, 15) is 0 Å². The van der Waals surface area contributed by atoms with Gasteiger partial charge in [-0.15, -0.1) is 0 Å². The van der Waals surface area contributed by atoms with Gasteiger partial charge in [0.1, 0.15) is 0 Å². The summed E-state index contributed by atoms with van der Waals surface area (Å²) in [5.41, 5.74) is 2.53. The number of aryl methyl sites for hydroxylation is 1. The molecular weight excluding hydrogens is 134 g/mol. The van der Waals surface area contributed by atoms with Crippen LogP contribution in [0.1, 0.15) is 18.9 Å². The highest BCUT2D eigenvalue weighted by Gasteiger charge is 1.87. The van der Waals surface area contributed by atoms with Crippen LogP contribution in [-0.2, 0) is 0 Å². The zero-order valence-electron chi connectivity index (χ0n) is 7.22. The Balaban J connectivity index is 2.52. The molecular formula is C10H15N. The summed E-state index contributed by atoms with van der Waals surface area (Å²) in [6.45, 7) is 5.33. The van der Waals surface area contributed by atoms with E-state index in [0.717, 1.165) is 6.54 Å². The molecule has 0 fully saturated rings. The maximum atomic E-state index is 3.32. The van der Waals surface area contributed by atoms with Gasteiger partial charge in [0, 0.05) is 12.2 Å². The molecule has 0 heterocycles. The molecule has 0 atom stereocenters. The molecule has 0 aliphatic heterocycles. The Morgan fingerprint density at radius 3 is 2.36 bits per heavy atom. The summed E-state index contributed by atoms with van der Waals surface area (Å²) in [6.07, 6.45) is 1.17. The van der Waals surface area contributed by atoms with Crippen LogP contribution < -0.4 is 5.32 Å². The lowest BCUT2D eigenvalue weighted by Crippen LogP contribution is -1.98. The van der Waals surface area contributed by atoms with Crippen LogP contribution in [0.25, 0.3) is 0 Å². The molecule has 0 aliphatic carbocycles. The topological polar surface area (TPSA) is 12.0 Å². The number of nitrogens with one attached hydrogen (secondary N) is 1. The van der Waals surface area contributed by atoms with Gasteiger partial charge in [0.05, 0.1) is 0 Å². The van der Waals surface area contributed by atoms with Crippen molar-refractivity contribution in [2.75, 3.05) is 11.9 Å². The van der Waals surface area contributed by atoms with Crippen molar-refractivity contribution in [3.05, 3.63) is 29.8 Å². The molecule has 1 N–H and O–H groups in total. The molecule has 1 rings (SSSR count). The van der Waals surface area contributed by atoms with Gasteiger partial charge in [-0.05, 0) is 25.5 Å². The zero-order valence-corrected chi connectivity index (χ0v) is 7.22. The minimum absolute atomic E-state index is 1.06. The highest BCUT2D eigenvalue weighted by Crippen LogP contribution is 2.07. The van der Waals surface area contributed by atoms with Gasteiger partial charge in [0.2, 0.25) is 0 Å². The first kappa shape index (κ1) is 8.12. The number of benzene rings is 1. The second-order valence-corrected chi connectivity index (χ2v) is 2.79. The number of hydrogen-bond donors (Lipinski definition) is 1. The molecule has 1 nitrogen and oxygen atoms in total. The Kier molecular flexibility index (Phi) is 2.96. The van der Waals surface area contributed by atoms with Crippen LogP contribution >= 0.6 is 0 Å². The molecule has 0 aromatic heterocycles. The Morgan fingerprint density at radius 2 is 1.82 bits per heavy atom. The van der Waals surface area contributed by atoms with Gasteiger partial charge in [-0.25, -0.2) is 0 Å². The number of hydrogen-bond acceptors (Lipinski definition) is 1. The third-order valence-corrected chi connectivity index (χ3v) is 1.63. The Morgan fingerprint density at radius 1 is 1.18 bits per heavy atom. The molecule has 1 aromatic carbocycles. The fourth-order valence-electron chi connectivity index (χ4n) is 0.941. The van der Waals surface area contributed by atoms with Gasteiger partial charge in [-0.2, -0.15) is 0 Å². The summed E-state index contributed by atoms with van der Waals surface area (Å²) in [7, 11) is 0. The SMILES string of the molecule is CCCNc1ccc(C)cc1. The van der Waals surface area contributed by atoms with Crippen molar-refractivity contribution in [3.63, 3.8) is 0 Å². The van der Waals surface area contributed by atoms with E-state index in [1.165, 1.54) is 17.7 Å². The lowest BCUT2D eigenvalue weighted by Gasteiger charge is -2.03. The largest absolute Gasteiger partial charge is 0.385 e. The predicted molar refractivity (Wildman–Crippen MR) is 50.0 cm³/mol. The van der Waals surface area contributed by atoms with Crippen molar-refractivity contribution >= 4 is 5.69 Å². The van der Waals surface area contributed by atoms with Crippen molar-refractivity contribution < 1.29 is 0 Å². The summed E-state index contributed by atoms with van der Waals surface area (Å²) in [5.74, 6) is 0. The molecule has 0 amide bonds. The summed E-state index contributed by atoms with van der Waals surface area (Å²) >= 11 is 0. The first-order valence-electron chi connectivity index (χ1n) is 4.13. The van der Waals surface area contributed by atoms with Crippen LogP contribution in [0.2, 0.25) is 0 Å². The van der Waals surface area contributed by atoms with Crippen molar-refractivity contribution in [1.82, 2.24) is 0 Å². The van der Waals surface area contributed by atoms with E-state index in [4.69, 9.17) is 0 Å². The van der Waals surface area contributed by atoms with Crippen LogP contribution in [0.3, 0.4) is 0 Å². The van der Waals surface area contributed by atoms with Gasteiger partial charge in [-0.3, -0.25) is 0 Å². The molecule has 0 spiro atoms. The van der Waals surface area contributed by atoms with Crippen molar-refractivity contribution in [3.8, 4) is 0 Å². The molecule has 0 unspecified atom stereocenters. The van der Waals surface area contributed by atoms with E-state index >= 15 is 0 Å². The highest BCUT2D eigenvalue weighted by atomic mass is 14.9. The molecule has 0 aliphatic rings. The average Bonchev–Trinajstić information content (AvgIpc) is 2.04. The quantitative estimate of drug-likeness (QED) is 0.696. The Labute approximate surface area is 68.4 Å². The van der Waals surface area contributed by atoms with Crippen molar-refractivity contribution in [2.45, 2.75) is 20.3 Å². The fourth-order valence-corrected chi connectivity index (χ4v) is 0.941. The fraction of sp³-hybridized carbons (Fsp3) is 0.400. The Hall–Kier alpha value is -0.980. The summed E-state index contributed by atoms with van der Waals surface area (Å²) < 4.78 is 0. The van der Waals surface area contributed by atoms with Gasteiger partial charge in [0.15, 0.2) is 0 Å². The average molecular weight is 149 g/mol. The molecule has 0 saturated carbocycles. The third kappa shape index (κ3) is 2.62. The molecule has 0 saturated heterocycles. The summed E-state index contributed by atoms with van der Waals surface area (Å²) in [4.78, 5) is 0. The van der Waals surface area contributed by atoms with Crippen LogP contribution in [0.15, 0.2) is 24.3 Å². The monoisotopic (exact) mass is 149 g/mol. The lowest BCUT2D eigenvalue weighted by molar-refractivity contribution is 0.979. The molecule has 0 radical (unpaired) electrons. The van der Waals surface area contributed by atoms with E-state index in [1.807, 2.05) is 0 Å². The lowest BCUT2D eigenvalue weighted by atomic mass is 10.2. The second-order valence-electron chi connectivity index (χ2n) is 2.79. The van der Waals surface area contributed by atoms with Crippen LogP contribution in [0.4, 0.5) is 5.69 Å². The summed E-state index contributed by atoms with van der Waals surface area (Å²) in [6, 6.07) is 8.48. The maximum Gasteiger partial charge on any atom is 0.0340 e. The van der Waals surface area contributed by atoms with E-state index in [-0.39, 0.29) is 0 Å². The van der Waals surface area contributed by atoms with E-state index in [1.54, 1.807) is 0 Å². The molecule has 11 heavy (non-hydrogen) atoms. The van der Waals surface area contributed by atoms with E-state index in [2.05, 4.69) is 43.4 Å². The maximum absolute atomic E-state index is 3.32. The van der Waals surface area contributed by atoms with Crippen LogP contribution in [-0.4, -0.2) is 6.54 Å². The molecule has 60 valence electrons. The van der Waals surface area contributed by atoms with Crippen molar-refractivity contribution in [1.29, 1.82) is 0 Å². The van der Waals surface area contributed by atoms with Crippen LogP contribution in [0, 0.1) is 6.92 Å². The Bertz CT molecular complexity index is 201. The van der Waals surface area contributed by atoms with Crippen molar-refractivity contribution in [2.24, 2.45) is 0 Å². The first-order valence-corrected chi connectivity index (χ1v) is 4.13. The standard InChI is InChI=1S/C10H15N/c1-3-8-11-10-6-4-9(2)5-7-10/h4-7,11H,3,8H2,1-2H3. The van der Waals surface area contributed by atoms with Gasteiger partial charge < -0.3 is 5.32 Å². The minimum atomic E-state index is 1.06. The highest BCUT2D eigenvalue weighted by molar-refractivity contribution is 5.44. The second kappa shape index (κ2) is 4.02. The minimum Gasteiger partial charge on any atom is -0.385 e. The van der Waals surface area contributed by atoms with E-state index in [0.29, 0.717) is 0 Å². The first-order chi connectivity index (χ1) is 5.33. The smallest absolute Gasteiger partial charge is 0.0340 e. The molecule has 1 heteroatoms. The molecule has 1 aromatic rings.